The predicted octanol–water partition coefficient (Wildman–Crippen LogP) is 1.65. The highest BCUT2D eigenvalue weighted by atomic mass is 19.1. The SMILES string of the molecule is Cc1ccc(NC(=O)C(=O)NCCC(O)c2cccn2C)cc1F. The van der Waals surface area contributed by atoms with Crippen LogP contribution in [0.2, 0.25) is 0 Å². The van der Waals surface area contributed by atoms with Crippen LogP contribution in [0.1, 0.15) is 23.8 Å². The lowest BCUT2D eigenvalue weighted by Crippen LogP contribution is -2.36. The fourth-order valence-electron chi connectivity index (χ4n) is 2.23. The molecular formula is C17H20FN3O3. The number of aromatic nitrogens is 1. The number of hydrogen-bond acceptors (Lipinski definition) is 3. The summed E-state index contributed by atoms with van der Waals surface area (Å²) in [5.74, 6) is -2.18. The molecule has 0 saturated carbocycles. The third kappa shape index (κ3) is 4.42. The van der Waals surface area contributed by atoms with Gasteiger partial charge in [0.2, 0.25) is 0 Å². The van der Waals surface area contributed by atoms with Gasteiger partial charge in [0, 0.05) is 31.2 Å². The van der Waals surface area contributed by atoms with Crippen LogP contribution in [0.3, 0.4) is 0 Å². The summed E-state index contributed by atoms with van der Waals surface area (Å²) >= 11 is 0. The zero-order chi connectivity index (χ0) is 17.7. The molecule has 3 N–H and O–H groups in total. The second kappa shape index (κ2) is 7.74. The average molecular weight is 333 g/mol. The van der Waals surface area contributed by atoms with E-state index in [1.807, 2.05) is 19.3 Å². The van der Waals surface area contributed by atoms with Crippen molar-refractivity contribution >= 4 is 17.5 Å². The second-order valence-electron chi connectivity index (χ2n) is 5.52. The predicted molar refractivity (Wildman–Crippen MR) is 87.8 cm³/mol. The number of nitrogens with one attached hydrogen (secondary N) is 2. The third-order valence-electron chi connectivity index (χ3n) is 3.66. The Bertz CT molecular complexity index is 742. The lowest BCUT2D eigenvalue weighted by Gasteiger charge is -2.12. The highest BCUT2D eigenvalue weighted by Crippen LogP contribution is 2.15. The van der Waals surface area contributed by atoms with Gasteiger partial charge < -0.3 is 20.3 Å². The molecule has 6 nitrogen and oxygen atoms in total. The standard InChI is InChI=1S/C17H20FN3O3/c1-11-5-6-12(10-13(11)18)20-17(24)16(23)19-8-7-15(22)14-4-3-9-21(14)2/h3-6,9-10,15,22H,7-8H2,1-2H3,(H,19,23)(H,20,24). The Kier molecular flexibility index (Phi) is 5.70. The molecule has 1 aromatic carbocycles. The van der Waals surface area contributed by atoms with E-state index in [9.17, 15) is 19.1 Å². The van der Waals surface area contributed by atoms with Crippen LogP contribution in [0.15, 0.2) is 36.5 Å². The summed E-state index contributed by atoms with van der Waals surface area (Å²) in [7, 11) is 1.81. The number of carbonyl (C=O) groups is 2. The molecule has 1 aromatic heterocycles. The van der Waals surface area contributed by atoms with E-state index in [4.69, 9.17) is 0 Å². The highest BCUT2D eigenvalue weighted by molar-refractivity contribution is 6.39. The van der Waals surface area contributed by atoms with Crippen molar-refractivity contribution in [2.45, 2.75) is 19.4 Å². The Morgan fingerprint density at radius 3 is 2.67 bits per heavy atom. The quantitative estimate of drug-likeness (QED) is 0.728. The molecule has 0 saturated heterocycles. The van der Waals surface area contributed by atoms with E-state index in [2.05, 4.69) is 10.6 Å². The summed E-state index contributed by atoms with van der Waals surface area (Å²) in [6.45, 7) is 1.74. The van der Waals surface area contributed by atoms with Gasteiger partial charge in [-0.15, -0.1) is 0 Å². The molecule has 0 aliphatic rings. The van der Waals surface area contributed by atoms with E-state index >= 15 is 0 Å². The van der Waals surface area contributed by atoms with Gasteiger partial charge in [0.15, 0.2) is 0 Å². The molecule has 0 aliphatic carbocycles. The molecule has 2 amide bonds. The van der Waals surface area contributed by atoms with Gasteiger partial charge >= 0.3 is 11.8 Å². The van der Waals surface area contributed by atoms with Crippen LogP contribution < -0.4 is 10.6 Å². The molecule has 2 rings (SSSR count). The van der Waals surface area contributed by atoms with Gasteiger partial charge in [-0.05, 0) is 43.2 Å². The van der Waals surface area contributed by atoms with E-state index < -0.39 is 23.7 Å². The van der Waals surface area contributed by atoms with Gasteiger partial charge in [0.1, 0.15) is 5.82 Å². The fraction of sp³-hybridized carbons (Fsp3) is 0.294. The van der Waals surface area contributed by atoms with Crippen molar-refractivity contribution < 1.29 is 19.1 Å². The Labute approximate surface area is 139 Å². The van der Waals surface area contributed by atoms with Crippen molar-refractivity contribution in [2.24, 2.45) is 7.05 Å². The number of aliphatic hydroxyl groups excluding tert-OH is 1. The third-order valence-corrected chi connectivity index (χ3v) is 3.66. The fourth-order valence-corrected chi connectivity index (χ4v) is 2.23. The Morgan fingerprint density at radius 1 is 1.29 bits per heavy atom. The molecule has 1 unspecified atom stereocenters. The number of rotatable bonds is 5. The number of nitrogens with zero attached hydrogens (tertiary/aromatic N) is 1. The monoisotopic (exact) mass is 333 g/mol. The number of benzene rings is 1. The molecule has 1 atom stereocenters. The van der Waals surface area contributed by atoms with Gasteiger partial charge in [-0.25, -0.2) is 4.39 Å². The molecular weight excluding hydrogens is 313 g/mol. The molecule has 7 heteroatoms. The number of aryl methyl sites for hydroxylation is 2. The van der Waals surface area contributed by atoms with Crippen molar-refractivity contribution in [3.63, 3.8) is 0 Å². The Morgan fingerprint density at radius 2 is 2.04 bits per heavy atom. The van der Waals surface area contributed by atoms with E-state index in [1.165, 1.54) is 12.1 Å². The highest BCUT2D eigenvalue weighted by Gasteiger charge is 2.15. The first-order chi connectivity index (χ1) is 11.4. The first kappa shape index (κ1) is 17.7. The molecule has 0 radical (unpaired) electrons. The smallest absolute Gasteiger partial charge is 0.313 e. The van der Waals surface area contributed by atoms with Crippen molar-refractivity contribution in [3.8, 4) is 0 Å². The topological polar surface area (TPSA) is 83.4 Å². The Balaban J connectivity index is 1.80. The van der Waals surface area contributed by atoms with Crippen molar-refractivity contribution in [1.82, 2.24) is 9.88 Å². The van der Waals surface area contributed by atoms with E-state index in [0.717, 1.165) is 11.8 Å². The lowest BCUT2D eigenvalue weighted by molar-refractivity contribution is -0.136. The van der Waals surface area contributed by atoms with Crippen molar-refractivity contribution in [2.75, 3.05) is 11.9 Å². The van der Waals surface area contributed by atoms with E-state index in [-0.39, 0.29) is 18.7 Å². The van der Waals surface area contributed by atoms with Crippen LogP contribution in [0.25, 0.3) is 0 Å². The van der Waals surface area contributed by atoms with Gasteiger partial charge in [0.05, 0.1) is 6.10 Å². The molecule has 1 heterocycles. The van der Waals surface area contributed by atoms with Gasteiger partial charge in [-0.1, -0.05) is 6.07 Å². The second-order valence-corrected chi connectivity index (χ2v) is 5.52. The molecule has 2 aromatic rings. The van der Waals surface area contributed by atoms with Crippen molar-refractivity contribution in [3.05, 3.63) is 53.6 Å². The van der Waals surface area contributed by atoms with Gasteiger partial charge in [0.25, 0.3) is 0 Å². The van der Waals surface area contributed by atoms with E-state index in [0.29, 0.717) is 5.56 Å². The first-order valence-corrected chi connectivity index (χ1v) is 7.53. The first-order valence-electron chi connectivity index (χ1n) is 7.53. The number of aliphatic hydroxyl groups is 1. The minimum Gasteiger partial charge on any atom is -0.387 e. The van der Waals surface area contributed by atoms with Crippen LogP contribution in [-0.2, 0) is 16.6 Å². The lowest BCUT2D eigenvalue weighted by atomic mass is 10.2. The summed E-state index contributed by atoms with van der Waals surface area (Å²) in [6.07, 6.45) is 1.35. The average Bonchev–Trinajstić information content (AvgIpc) is 2.96. The summed E-state index contributed by atoms with van der Waals surface area (Å²) in [4.78, 5) is 23.5. The maximum absolute atomic E-state index is 13.4. The van der Waals surface area contributed by atoms with Crippen LogP contribution in [0.4, 0.5) is 10.1 Å². The van der Waals surface area contributed by atoms with Crippen molar-refractivity contribution in [1.29, 1.82) is 0 Å². The van der Waals surface area contributed by atoms with Gasteiger partial charge in [-0.2, -0.15) is 0 Å². The summed E-state index contributed by atoms with van der Waals surface area (Å²) in [5.41, 5.74) is 1.39. The molecule has 128 valence electrons. The van der Waals surface area contributed by atoms with Crippen LogP contribution >= 0.6 is 0 Å². The molecule has 24 heavy (non-hydrogen) atoms. The van der Waals surface area contributed by atoms with E-state index in [1.54, 1.807) is 17.6 Å². The minimum absolute atomic E-state index is 0.140. The maximum atomic E-state index is 13.4. The zero-order valence-corrected chi connectivity index (χ0v) is 13.5. The molecule has 0 fully saturated rings. The Hall–Kier alpha value is -2.67. The molecule has 0 aliphatic heterocycles. The van der Waals surface area contributed by atoms with Crippen LogP contribution in [-0.4, -0.2) is 28.0 Å². The number of anilines is 1. The van der Waals surface area contributed by atoms with Crippen LogP contribution in [0, 0.1) is 12.7 Å². The summed E-state index contributed by atoms with van der Waals surface area (Å²) in [6, 6.07) is 7.78. The van der Waals surface area contributed by atoms with Crippen LogP contribution in [0.5, 0.6) is 0 Å². The van der Waals surface area contributed by atoms with Gasteiger partial charge in [-0.3, -0.25) is 9.59 Å². The maximum Gasteiger partial charge on any atom is 0.313 e. The number of amides is 2. The number of halogens is 1. The molecule has 0 bridgehead atoms. The number of hydrogen-bond donors (Lipinski definition) is 3. The zero-order valence-electron chi connectivity index (χ0n) is 13.5. The largest absolute Gasteiger partial charge is 0.387 e. The number of carbonyl (C=O) groups excluding carboxylic acids is 2. The minimum atomic E-state index is -0.883. The summed E-state index contributed by atoms with van der Waals surface area (Å²) in [5, 5.41) is 14.8. The molecule has 0 spiro atoms. The normalized spacial score (nSPS) is 11.8. The summed E-state index contributed by atoms with van der Waals surface area (Å²) < 4.78 is 15.2.